The summed E-state index contributed by atoms with van der Waals surface area (Å²) in [5, 5.41) is 3.72. The zero-order chi connectivity index (χ0) is 13.1. The van der Waals surface area contributed by atoms with Crippen LogP contribution < -0.4 is 5.32 Å². The lowest BCUT2D eigenvalue weighted by Crippen LogP contribution is -2.46. The minimum absolute atomic E-state index is 0.549. The van der Waals surface area contributed by atoms with Crippen LogP contribution in [0.4, 0.5) is 0 Å². The van der Waals surface area contributed by atoms with Crippen LogP contribution in [0.15, 0.2) is 30.3 Å². The highest BCUT2D eigenvalue weighted by Gasteiger charge is 2.29. The average molecular weight is 258 g/mol. The van der Waals surface area contributed by atoms with Gasteiger partial charge in [-0.3, -0.25) is 4.90 Å². The van der Waals surface area contributed by atoms with Crippen LogP contribution in [0.3, 0.4) is 0 Å². The Morgan fingerprint density at radius 3 is 2.68 bits per heavy atom. The normalized spacial score (nSPS) is 26.3. The molecule has 0 aromatic heterocycles. The molecule has 0 bridgehead atoms. The molecule has 0 amide bonds. The van der Waals surface area contributed by atoms with Crippen molar-refractivity contribution in [2.45, 2.75) is 57.2 Å². The number of benzene rings is 1. The van der Waals surface area contributed by atoms with Gasteiger partial charge in [-0.15, -0.1) is 0 Å². The number of nitrogens with one attached hydrogen (secondary N) is 1. The molecule has 1 aliphatic heterocycles. The van der Waals surface area contributed by atoms with Gasteiger partial charge < -0.3 is 5.32 Å². The van der Waals surface area contributed by atoms with Crippen molar-refractivity contribution in [1.29, 1.82) is 0 Å². The van der Waals surface area contributed by atoms with E-state index in [1.165, 1.54) is 50.8 Å². The largest absolute Gasteiger partial charge is 0.312 e. The standard InChI is InChI=1S/C17H26N2/c1-14(15-7-3-2-4-8-15)19-12-6-5-9-17(19)13-18-16-10-11-16/h2-4,7-8,14,16-18H,5-6,9-13H2,1H3. The van der Waals surface area contributed by atoms with Crippen LogP contribution in [0.2, 0.25) is 0 Å². The van der Waals surface area contributed by atoms with Gasteiger partial charge in [-0.2, -0.15) is 0 Å². The molecule has 0 spiro atoms. The minimum atomic E-state index is 0.549. The molecule has 1 aromatic rings. The van der Waals surface area contributed by atoms with Gasteiger partial charge in [0.05, 0.1) is 0 Å². The topological polar surface area (TPSA) is 15.3 Å². The van der Waals surface area contributed by atoms with E-state index in [4.69, 9.17) is 0 Å². The van der Waals surface area contributed by atoms with E-state index in [-0.39, 0.29) is 0 Å². The molecule has 1 heterocycles. The van der Waals surface area contributed by atoms with E-state index in [0.717, 1.165) is 12.1 Å². The molecule has 2 fully saturated rings. The predicted molar refractivity (Wildman–Crippen MR) is 80.2 cm³/mol. The van der Waals surface area contributed by atoms with Crippen molar-refractivity contribution in [2.24, 2.45) is 0 Å². The third-order valence-corrected chi connectivity index (χ3v) is 4.67. The molecule has 1 saturated carbocycles. The lowest BCUT2D eigenvalue weighted by Gasteiger charge is -2.40. The Kier molecular flexibility index (Phi) is 4.19. The lowest BCUT2D eigenvalue weighted by molar-refractivity contribution is 0.102. The summed E-state index contributed by atoms with van der Waals surface area (Å²) in [5.74, 6) is 0. The SMILES string of the molecule is CC(c1ccccc1)N1CCCCC1CNC1CC1. The first-order valence-electron chi connectivity index (χ1n) is 7.88. The highest BCUT2D eigenvalue weighted by molar-refractivity contribution is 5.18. The van der Waals surface area contributed by atoms with Gasteiger partial charge >= 0.3 is 0 Å². The quantitative estimate of drug-likeness (QED) is 0.871. The van der Waals surface area contributed by atoms with Crippen LogP contribution in [0.5, 0.6) is 0 Å². The molecule has 2 heteroatoms. The fourth-order valence-electron chi connectivity index (χ4n) is 3.27. The van der Waals surface area contributed by atoms with Crippen LogP contribution in [0.1, 0.15) is 50.6 Å². The van der Waals surface area contributed by atoms with E-state index in [0.29, 0.717) is 6.04 Å². The van der Waals surface area contributed by atoms with Crippen molar-refractivity contribution in [2.75, 3.05) is 13.1 Å². The second-order valence-corrected chi connectivity index (χ2v) is 6.16. The summed E-state index contributed by atoms with van der Waals surface area (Å²) in [6, 6.07) is 13.1. The Morgan fingerprint density at radius 1 is 1.16 bits per heavy atom. The maximum atomic E-state index is 3.72. The Morgan fingerprint density at radius 2 is 1.95 bits per heavy atom. The smallest absolute Gasteiger partial charge is 0.0323 e. The van der Waals surface area contributed by atoms with Gasteiger partial charge in [-0.1, -0.05) is 36.8 Å². The zero-order valence-electron chi connectivity index (χ0n) is 12.0. The molecule has 1 aliphatic carbocycles. The summed E-state index contributed by atoms with van der Waals surface area (Å²) in [5.41, 5.74) is 1.46. The van der Waals surface area contributed by atoms with E-state index in [1.54, 1.807) is 0 Å². The molecule has 0 radical (unpaired) electrons. The van der Waals surface area contributed by atoms with Gasteiger partial charge in [0, 0.05) is 24.7 Å². The molecule has 1 saturated heterocycles. The lowest BCUT2D eigenvalue weighted by atomic mass is 9.97. The number of hydrogen-bond donors (Lipinski definition) is 1. The maximum Gasteiger partial charge on any atom is 0.0323 e. The summed E-state index contributed by atoms with van der Waals surface area (Å²) >= 11 is 0. The third-order valence-electron chi connectivity index (χ3n) is 4.67. The number of nitrogens with zero attached hydrogens (tertiary/aromatic N) is 1. The second kappa shape index (κ2) is 6.06. The molecule has 3 rings (SSSR count). The van der Waals surface area contributed by atoms with Crippen molar-refractivity contribution >= 4 is 0 Å². The van der Waals surface area contributed by atoms with Crippen molar-refractivity contribution in [3.63, 3.8) is 0 Å². The Labute approximate surface area is 117 Å². The summed E-state index contributed by atoms with van der Waals surface area (Å²) in [6.45, 7) is 4.81. The summed E-state index contributed by atoms with van der Waals surface area (Å²) in [7, 11) is 0. The van der Waals surface area contributed by atoms with Crippen molar-refractivity contribution < 1.29 is 0 Å². The highest BCUT2D eigenvalue weighted by atomic mass is 15.2. The summed E-state index contributed by atoms with van der Waals surface area (Å²) < 4.78 is 0. The van der Waals surface area contributed by atoms with Crippen molar-refractivity contribution in [3.8, 4) is 0 Å². The third kappa shape index (κ3) is 3.37. The molecular weight excluding hydrogens is 232 g/mol. The summed E-state index contributed by atoms with van der Waals surface area (Å²) in [6.07, 6.45) is 6.89. The number of hydrogen-bond acceptors (Lipinski definition) is 2. The van der Waals surface area contributed by atoms with E-state index >= 15 is 0 Å². The Hall–Kier alpha value is -0.860. The van der Waals surface area contributed by atoms with Crippen molar-refractivity contribution in [3.05, 3.63) is 35.9 Å². The maximum absolute atomic E-state index is 3.72. The van der Waals surface area contributed by atoms with Gasteiger partial charge in [0.2, 0.25) is 0 Å². The van der Waals surface area contributed by atoms with Gasteiger partial charge in [-0.25, -0.2) is 0 Å². The highest BCUT2D eigenvalue weighted by Crippen LogP contribution is 2.28. The van der Waals surface area contributed by atoms with E-state index in [2.05, 4.69) is 47.5 Å². The average Bonchev–Trinajstić information content (AvgIpc) is 3.30. The first-order valence-corrected chi connectivity index (χ1v) is 7.88. The van der Waals surface area contributed by atoms with Crippen molar-refractivity contribution in [1.82, 2.24) is 10.2 Å². The van der Waals surface area contributed by atoms with Crippen LogP contribution >= 0.6 is 0 Å². The zero-order valence-corrected chi connectivity index (χ0v) is 12.0. The molecule has 2 aliphatic rings. The first kappa shape index (κ1) is 13.1. The molecular formula is C17H26N2. The predicted octanol–water partition coefficient (Wildman–Crippen LogP) is 3.35. The van der Waals surface area contributed by atoms with Crippen LogP contribution in [-0.4, -0.2) is 30.1 Å². The van der Waals surface area contributed by atoms with Crippen LogP contribution in [0.25, 0.3) is 0 Å². The fourth-order valence-corrected chi connectivity index (χ4v) is 3.27. The molecule has 1 aromatic carbocycles. The Balaban J connectivity index is 1.64. The first-order chi connectivity index (χ1) is 9.34. The van der Waals surface area contributed by atoms with Gasteiger partial charge in [0.15, 0.2) is 0 Å². The van der Waals surface area contributed by atoms with Crippen LogP contribution in [0, 0.1) is 0 Å². The molecule has 2 unspecified atom stereocenters. The van der Waals surface area contributed by atoms with Crippen LogP contribution in [-0.2, 0) is 0 Å². The fraction of sp³-hybridized carbons (Fsp3) is 0.647. The minimum Gasteiger partial charge on any atom is -0.312 e. The monoisotopic (exact) mass is 258 g/mol. The van der Waals surface area contributed by atoms with E-state index in [1.807, 2.05) is 0 Å². The molecule has 2 nitrogen and oxygen atoms in total. The Bertz CT molecular complexity index is 386. The number of rotatable bonds is 5. The van der Waals surface area contributed by atoms with Gasteiger partial charge in [-0.05, 0) is 44.7 Å². The van der Waals surface area contributed by atoms with E-state index < -0.39 is 0 Å². The molecule has 104 valence electrons. The summed E-state index contributed by atoms with van der Waals surface area (Å²) in [4.78, 5) is 2.72. The van der Waals surface area contributed by atoms with Gasteiger partial charge in [0.1, 0.15) is 0 Å². The van der Waals surface area contributed by atoms with Gasteiger partial charge in [0.25, 0.3) is 0 Å². The molecule has 1 N–H and O–H groups in total. The molecule has 2 atom stereocenters. The van der Waals surface area contributed by atoms with E-state index in [9.17, 15) is 0 Å². The second-order valence-electron chi connectivity index (χ2n) is 6.16. The number of likely N-dealkylation sites (tertiary alicyclic amines) is 1. The molecule has 19 heavy (non-hydrogen) atoms. The number of piperidine rings is 1.